The topological polar surface area (TPSA) is 23.8 Å². The lowest BCUT2D eigenvalue weighted by Gasteiger charge is -2.25. The van der Waals surface area contributed by atoms with E-state index in [2.05, 4.69) is 0 Å². The van der Waals surface area contributed by atoms with Crippen molar-refractivity contribution >= 4 is 0 Å². The largest absolute Gasteiger partial charge is 0.207 e. The Balaban J connectivity index is 1.94. The molecule has 0 saturated heterocycles. The first-order chi connectivity index (χ1) is 10.1. The molecule has 0 aliphatic heterocycles. The van der Waals surface area contributed by atoms with Gasteiger partial charge in [-0.2, -0.15) is 5.26 Å². The highest BCUT2D eigenvalue weighted by atomic mass is 19.1. The van der Waals surface area contributed by atoms with E-state index in [1.165, 1.54) is 6.07 Å². The van der Waals surface area contributed by atoms with E-state index in [1.807, 2.05) is 25.1 Å². The van der Waals surface area contributed by atoms with E-state index in [0.717, 1.165) is 29.5 Å². The number of fused-ring (bicyclic) bond motifs is 1. The fourth-order valence-electron chi connectivity index (χ4n) is 3.09. The van der Waals surface area contributed by atoms with Crippen molar-refractivity contribution in [1.29, 1.82) is 5.26 Å². The van der Waals surface area contributed by atoms with Gasteiger partial charge in [0.05, 0.1) is 5.56 Å². The molecule has 0 saturated carbocycles. The van der Waals surface area contributed by atoms with Crippen LogP contribution in [0.2, 0.25) is 0 Å². The second kappa shape index (κ2) is 5.29. The van der Waals surface area contributed by atoms with E-state index >= 15 is 0 Å². The van der Waals surface area contributed by atoms with Gasteiger partial charge in [0, 0.05) is 0 Å². The van der Waals surface area contributed by atoms with Crippen LogP contribution in [0, 0.1) is 29.9 Å². The predicted octanol–water partition coefficient (Wildman–Crippen LogP) is 4.42. The summed E-state index contributed by atoms with van der Waals surface area (Å²) in [5.74, 6) is -0.593. The van der Waals surface area contributed by atoms with E-state index < -0.39 is 5.82 Å². The summed E-state index contributed by atoms with van der Waals surface area (Å²) in [5.41, 5.74) is 3.60. The summed E-state index contributed by atoms with van der Waals surface area (Å²) in [6.07, 6.45) is 2.20. The molecule has 0 spiro atoms. The lowest BCUT2D eigenvalue weighted by molar-refractivity contribution is 0.529. The van der Waals surface area contributed by atoms with Gasteiger partial charge in [0.1, 0.15) is 17.7 Å². The van der Waals surface area contributed by atoms with Crippen LogP contribution >= 0.6 is 0 Å². The van der Waals surface area contributed by atoms with Crippen LogP contribution in [0.25, 0.3) is 0 Å². The Kier molecular flexibility index (Phi) is 3.47. The standard InChI is InChI=1S/C18H15F2N/c1-11-2-5-16(18(20)6-11)13-4-3-12-7-15(10-21)17(19)9-14(12)8-13/h2,5-7,9,13H,3-4,8H2,1H3. The lowest BCUT2D eigenvalue weighted by Crippen LogP contribution is -2.15. The smallest absolute Gasteiger partial charge is 0.141 e. The zero-order valence-electron chi connectivity index (χ0n) is 11.8. The highest BCUT2D eigenvalue weighted by Crippen LogP contribution is 2.35. The molecule has 0 N–H and O–H groups in total. The quantitative estimate of drug-likeness (QED) is 0.760. The Morgan fingerprint density at radius 2 is 1.90 bits per heavy atom. The number of nitriles is 1. The molecule has 1 aliphatic rings. The molecule has 0 amide bonds. The Hall–Kier alpha value is -2.21. The van der Waals surface area contributed by atoms with Gasteiger partial charge in [0.2, 0.25) is 0 Å². The molecule has 21 heavy (non-hydrogen) atoms. The molecule has 3 heteroatoms. The molecule has 2 aromatic carbocycles. The summed E-state index contributed by atoms with van der Waals surface area (Å²) < 4.78 is 27.8. The minimum Gasteiger partial charge on any atom is -0.207 e. The zero-order chi connectivity index (χ0) is 15.0. The van der Waals surface area contributed by atoms with Crippen LogP contribution < -0.4 is 0 Å². The molecule has 0 heterocycles. The Morgan fingerprint density at radius 1 is 1.10 bits per heavy atom. The SMILES string of the molecule is Cc1ccc(C2CCc3cc(C#N)c(F)cc3C2)c(F)c1. The van der Waals surface area contributed by atoms with Crippen LogP contribution in [0.1, 0.15) is 40.2 Å². The van der Waals surface area contributed by atoms with Gasteiger partial charge in [-0.05, 0) is 72.6 Å². The summed E-state index contributed by atoms with van der Waals surface area (Å²) in [4.78, 5) is 0. The summed E-state index contributed by atoms with van der Waals surface area (Å²) in [5, 5.41) is 8.87. The van der Waals surface area contributed by atoms with E-state index in [4.69, 9.17) is 5.26 Å². The first-order valence-electron chi connectivity index (χ1n) is 7.06. The van der Waals surface area contributed by atoms with Crippen molar-refractivity contribution in [1.82, 2.24) is 0 Å². The minimum atomic E-state index is -0.485. The van der Waals surface area contributed by atoms with Crippen molar-refractivity contribution in [3.63, 3.8) is 0 Å². The molecule has 1 unspecified atom stereocenters. The van der Waals surface area contributed by atoms with Gasteiger partial charge < -0.3 is 0 Å². The Labute approximate surface area is 122 Å². The molecule has 1 aliphatic carbocycles. The van der Waals surface area contributed by atoms with Crippen molar-refractivity contribution in [2.24, 2.45) is 0 Å². The first kappa shape index (κ1) is 13.8. The molecule has 3 rings (SSSR count). The molecule has 0 fully saturated rings. The number of hydrogen-bond donors (Lipinski definition) is 0. The van der Waals surface area contributed by atoms with Crippen molar-refractivity contribution in [2.75, 3.05) is 0 Å². The van der Waals surface area contributed by atoms with Crippen LogP contribution in [-0.2, 0) is 12.8 Å². The molecule has 0 radical (unpaired) electrons. The van der Waals surface area contributed by atoms with Crippen molar-refractivity contribution in [2.45, 2.75) is 32.1 Å². The van der Waals surface area contributed by atoms with Crippen molar-refractivity contribution in [3.8, 4) is 6.07 Å². The molecule has 1 nitrogen and oxygen atoms in total. The van der Waals surface area contributed by atoms with Gasteiger partial charge in [0.15, 0.2) is 0 Å². The number of rotatable bonds is 1. The normalized spacial score (nSPS) is 17.1. The molecular formula is C18H15F2N. The highest BCUT2D eigenvalue weighted by Gasteiger charge is 2.23. The number of halogens is 2. The summed E-state index contributed by atoms with van der Waals surface area (Å²) >= 11 is 0. The lowest BCUT2D eigenvalue weighted by atomic mass is 9.79. The average molecular weight is 283 g/mol. The minimum absolute atomic E-state index is 0.0745. The van der Waals surface area contributed by atoms with Gasteiger partial charge in [-0.1, -0.05) is 12.1 Å². The molecule has 0 bridgehead atoms. The Bertz CT molecular complexity index is 744. The van der Waals surface area contributed by atoms with E-state index in [9.17, 15) is 8.78 Å². The second-order valence-corrected chi connectivity index (χ2v) is 5.68. The fraction of sp³-hybridized carbons (Fsp3) is 0.278. The Morgan fingerprint density at radius 3 is 2.62 bits per heavy atom. The number of hydrogen-bond acceptors (Lipinski definition) is 1. The third-order valence-corrected chi connectivity index (χ3v) is 4.23. The number of aryl methyl sites for hydroxylation is 2. The van der Waals surface area contributed by atoms with Gasteiger partial charge in [-0.25, -0.2) is 8.78 Å². The average Bonchev–Trinajstić information content (AvgIpc) is 2.46. The van der Waals surface area contributed by atoms with Crippen molar-refractivity contribution in [3.05, 3.63) is 69.8 Å². The zero-order valence-corrected chi connectivity index (χ0v) is 11.8. The van der Waals surface area contributed by atoms with Gasteiger partial charge in [0.25, 0.3) is 0 Å². The third-order valence-electron chi connectivity index (χ3n) is 4.23. The van der Waals surface area contributed by atoms with Crippen molar-refractivity contribution < 1.29 is 8.78 Å². The molecule has 106 valence electrons. The monoisotopic (exact) mass is 283 g/mol. The summed E-state index contributed by atoms with van der Waals surface area (Å²) in [7, 11) is 0. The van der Waals surface area contributed by atoms with Gasteiger partial charge in [-0.3, -0.25) is 0 Å². The highest BCUT2D eigenvalue weighted by molar-refractivity contribution is 5.42. The fourth-order valence-corrected chi connectivity index (χ4v) is 3.09. The van der Waals surface area contributed by atoms with Crippen LogP contribution in [0.5, 0.6) is 0 Å². The number of benzene rings is 2. The molecule has 1 atom stereocenters. The third kappa shape index (κ3) is 2.54. The van der Waals surface area contributed by atoms with Gasteiger partial charge >= 0.3 is 0 Å². The van der Waals surface area contributed by atoms with Crippen LogP contribution in [0.4, 0.5) is 8.78 Å². The number of nitrogens with zero attached hydrogens (tertiary/aromatic N) is 1. The molecule has 0 aromatic heterocycles. The second-order valence-electron chi connectivity index (χ2n) is 5.68. The maximum atomic E-state index is 14.1. The summed E-state index contributed by atoms with van der Waals surface area (Å²) in [6, 6.07) is 10.2. The first-order valence-corrected chi connectivity index (χ1v) is 7.06. The molecule has 2 aromatic rings. The van der Waals surface area contributed by atoms with E-state index in [0.29, 0.717) is 12.0 Å². The maximum absolute atomic E-state index is 14.1. The van der Waals surface area contributed by atoms with E-state index in [1.54, 1.807) is 12.1 Å². The van der Waals surface area contributed by atoms with Crippen LogP contribution in [-0.4, -0.2) is 0 Å². The van der Waals surface area contributed by atoms with Crippen LogP contribution in [0.3, 0.4) is 0 Å². The van der Waals surface area contributed by atoms with Gasteiger partial charge in [-0.15, -0.1) is 0 Å². The summed E-state index contributed by atoms with van der Waals surface area (Å²) in [6.45, 7) is 1.86. The molecular weight excluding hydrogens is 268 g/mol. The van der Waals surface area contributed by atoms with E-state index in [-0.39, 0.29) is 17.3 Å². The maximum Gasteiger partial charge on any atom is 0.141 e. The van der Waals surface area contributed by atoms with Crippen LogP contribution in [0.15, 0.2) is 30.3 Å². The predicted molar refractivity (Wildman–Crippen MR) is 77.0 cm³/mol.